The minimum absolute atomic E-state index is 0.190. The second-order valence-electron chi connectivity index (χ2n) is 10.7. The number of thioether (sulfide) groups is 1. The van der Waals surface area contributed by atoms with Crippen LogP contribution in [0.2, 0.25) is 0 Å². The second-order valence-corrected chi connectivity index (χ2v) is 12.9. The number of hydrogen-bond acceptors (Lipinski definition) is 7. The number of para-hydroxylation sites is 1. The van der Waals surface area contributed by atoms with E-state index in [0.717, 1.165) is 57.0 Å². The van der Waals surface area contributed by atoms with E-state index in [1.165, 1.54) is 6.07 Å². The first-order valence-electron chi connectivity index (χ1n) is 14.0. The van der Waals surface area contributed by atoms with Crippen molar-refractivity contribution in [2.75, 3.05) is 16.8 Å². The predicted molar refractivity (Wildman–Crippen MR) is 168 cm³/mol. The van der Waals surface area contributed by atoms with Crippen LogP contribution in [-0.4, -0.2) is 34.6 Å². The topological polar surface area (TPSA) is 109 Å². The predicted octanol–water partition coefficient (Wildman–Crippen LogP) is 6.42. The molecule has 3 heterocycles. The summed E-state index contributed by atoms with van der Waals surface area (Å²) in [6, 6.07) is 24.0. The van der Waals surface area contributed by atoms with Crippen molar-refractivity contribution in [2.45, 2.75) is 22.4 Å². The minimum atomic E-state index is -4.67. The fourth-order valence-corrected chi connectivity index (χ4v) is 8.41. The Morgan fingerprint density at radius 3 is 2.46 bits per heavy atom. The minimum Gasteiger partial charge on any atom is -0.483 e. The first kappa shape index (κ1) is 29.8. The number of thiazole rings is 1. The fraction of sp³-hybridized carbons (Fsp3) is 0.152. The third kappa shape index (κ3) is 5.35. The lowest BCUT2D eigenvalue weighted by molar-refractivity contribution is -0.137. The summed E-state index contributed by atoms with van der Waals surface area (Å²) in [5.74, 6) is -3.45. The van der Waals surface area contributed by atoms with Crippen LogP contribution in [0.15, 0.2) is 101 Å². The number of benzene rings is 4. The van der Waals surface area contributed by atoms with Gasteiger partial charge in [0.15, 0.2) is 6.61 Å². The Bertz CT molecular complexity index is 2090. The van der Waals surface area contributed by atoms with Gasteiger partial charge in [-0.3, -0.25) is 19.2 Å². The largest absolute Gasteiger partial charge is 0.483 e. The standard InChI is InChI=1S/C33H22F3N3O5S2/c34-33(35,36)19-8-5-9-21(15-19)39-30(41)26-25(27-29(38-32(43)46-27)45-28(26)31(39)42)22-10-3-4-11-23(22)44-16-24(40)37-20-13-12-17-6-1-2-7-18(17)14-20/h1-15,25-26,28H,16H2,(H,37,40)(H,38,43)/t25-,26?,28?/m1/s1. The van der Waals surface area contributed by atoms with Crippen molar-refractivity contribution < 1.29 is 32.3 Å². The zero-order valence-electron chi connectivity index (χ0n) is 23.5. The van der Waals surface area contributed by atoms with Crippen LogP contribution in [0, 0.1) is 5.92 Å². The molecule has 2 aliphatic heterocycles. The van der Waals surface area contributed by atoms with Gasteiger partial charge in [0.25, 0.3) is 5.91 Å². The van der Waals surface area contributed by atoms with Crippen molar-refractivity contribution >= 4 is 63.0 Å². The van der Waals surface area contributed by atoms with Gasteiger partial charge in [0, 0.05) is 22.0 Å². The molecule has 2 unspecified atom stereocenters. The average Bonchev–Trinajstić information content (AvgIpc) is 3.53. The highest BCUT2D eigenvalue weighted by Crippen LogP contribution is 2.54. The summed E-state index contributed by atoms with van der Waals surface area (Å²) in [5, 5.41) is 4.17. The van der Waals surface area contributed by atoms with Crippen molar-refractivity contribution in [1.29, 1.82) is 0 Å². The van der Waals surface area contributed by atoms with Gasteiger partial charge >= 0.3 is 11.0 Å². The van der Waals surface area contributed by atoms with Gasteiger partial charge in [-0.1, -0.05) is 77.7 Å². The van der Waals surface area contributed by atoms with Crippen LogP contribution in [0.1, 0.15) is 21.9 Å². The monoisotopic (exact) mass is 661 g/mol. The third-order valence-electron chi connectivity index (χ3n) is 7.90. The number of imide groups is 1. The van der Waals surface area contributed by atoms with E-state index in [1.54, 1.807) is 30.3 Å². The quantitative estimate of drug-likeness (QED) is 0.203. The highest BCUT2D eigenvalue weighted by Gasteiger charge is 2.57. The number of alkyl halides is 3. The molecule has 232 valence electrons. The number of hydrogen-bond donors (Lipinski definition) is 2. The molecule has 2 N–H and O–H groups in total. The van der Waals surface area contributed by atoms with Gasteiger partial charge in [0.2, 0.25) is 11.8 Å². The molecule has 0 aliphatic carbocycles. The number of nitrogens with zero attached hydrogens (tertiary/aromatic N) is 1. The van der Waals surface area contributed by atoms with Crippen LogP contribution < -0.4 is 19.8 Å². The SMILES string of the molecule is O=C(COc1ccccc1[C@H]1c2sc(=O)[nH]c2SC2C(=O)N(c3cccc(C(F)(F)F)c3)C(=O)C21)Nc1ccc2ccccc2c1. The van der Waals surface area contributed by atoms with Crippen molar-refractivity contribution in [2.24, 2.45) is 5.92 Å². The van der Waals surface area contributed by atoms with Crippen LogP contribution in [-0.2, 0) is 20.6 Å². The Balaban J connectivity index is 1.20. The van der Waals surface area contributed by atoms with Crippen molar-refractivity contribution in [1.82, 2.24) is 4.98 Å². The summed E-state index contributed by atoms with van der Waals surface area (Å²) >= 11 is 1.89. The summed E-state index contributed by atoms with van der Waals surface area (Å²) in [4.78, 5) is 56.7. The molecule has 1 aromatic heterocycles. The van der Waals surface area contributed by atoms with Gasteiger partial charge in [0.05, 0.1) is 22.2 Å². The molecule has 8 nitrogen and oxygen atoms in total. The highest BCUT2D eigenvalue weighted by molar-refractivity contribution is 8.00. The number of aromatic nitrogens is 1. The molecule has 3 amide bonds. The molecule has 7 rings (SSSR count). The van der Waals surface area contributed by atoms with Crippen molar-refractivity contribution in [3.05, 3.63) is 117 Å². The number of fused-ring (bicyclic) bond motifs is 3. The Labute approximate surface area is 267 Å². The molecule has 5 aromatic rings. The van der Waals surface area contributed by atoms with Gasteiger partial charge in [-0.05, 0) is 47.2 Å². The lowest BCUT2D eigenvalue weighted by atomic mass is 9.82. The number of ether oxygens (including phenoxy) is 1. The number of nitrogens with one attached hydrogen (secondary N) is 2. The Hall–Kier alpha value is -4.88. The number of halogens is 3. The van der Waals surface area contributed by atoms with E-state index in [-0.39, 0.29) is 22.9 Å². The fourth-order valence-electron chi connectivity index (χ4n) is 5.90. The van der Waals surface area contributed by atoms with E-state index < -0.39 is 46.5 Å². The van der Waals surface area contributed by atoms with E-state index in [1.807, 2.05) is 36.4 Å². The number of amides is 3. The second kappa shape index (κ2) is 11.5. The molecule has 46 heavy (non-hydrogen) atoms. The van der Waals surface area contributed by atoms with Gasteiger partial charge in [-0.2, -0.15) is 13.2 Å². The Morgan fingerprint density at radius 1 is 0.891 bits per heavy atom. The lowest BCUT2D eigenvalue weighted by Gasteiger charge is -2.30. The van der Waals surface area contributed by atoms with Crippen molar-refractivity contribution in [3.8, 4) is 5.75 Å². The number of carbonyl (C=O) groups excluding carboxylic acids is 3. The van der Waals surface area contributed by atoms with Crippen molar-refractivity contribution in [3.63, 3.8) is 0 Å². The number of aromatic amines is 1. The zero-order chi connectivity index (χ0) is 32.2. The Morgan fingerprint density at radius 2 is 1.65 bits per heavy atom. The van der Waals surface area contributed by atoms with Gasteiger partial charge < -0.3 is 15.0 Å². The molecule has 1 saturated heterocycles. The molecular formula is C33H22F3N3O5S2. The first-order valence-corrected chi connectivity index (χ1v) is 15.7. The van der Waals surface area contributed by atoms with E-state index in [4.69, 9.17) is 4.74 Å². The van der Waals surface area contributed by atoms with Crippen LogP contribution in [0.5, 0.6) is 5.75 Å². The van der Waals surface area contributed by atoms with Gasteiger partial charge in [-0.15, -0.1) is 0 Å². The molecule has 13 heteroatoms. The number of rotatable bonds is 6. The third-order valence-corrected chi connectivity index (χ3v) is 10.3. The summed E-state index contributed by atoms with van der Waals surface area (Å²) in [6.07, 6.45) is -4.67. The molecule has 2 aliphatic rings. The number of H-pyrrole nitrogens is 1. The summed E-state index contributed by atoms with van der Waals surface area (Å²) < 4.78 is 46.5. The maximum Gasteiger partial charge on any atom is 0.416 e. The molecule has 1 fully saturated rings. The molecule has 3 atom stereocenters. The van der Waals surface area contributed by atoms with Crippen LogP contribution >= 0.6 is 23.1 Å². The smallest absolute Gasteiger partial charge is 0.416 e. The molecule has 4 aromatic carbocycles. The van der Waals surface area contributed by atoms with Crippen LogP contribution in [0.3, 0.4) is 0 Å². The average molecular weight is 662 g/mol. The summed E-state index contributed by atoms with van der Waals surface area (Å²) in [6.45, 7) is -0.376. The van der Waals surface area contributed by atoms with E-state index in [9.17, 15) is 32.3 Å². The highest BCUT2D eigenvalue weighted by atomic mass is 32.2. The van der Waals surface area contributed by atoms with E-state index >= 15 is 0 Å². The molecular weight excluding hydrogens is 640 g/mol. The zero-order valence-corrected chi connectivity index (χ0v) is 25.2. The van der Waals surface area contributed by atoms with Gasteiger partial charge in [-0.25, -0.2) is 4.90 Å². The van der Waals surface area contributed by atoms with Gasteiger partial charge in [0.1, 0.15) is 11.0 Å². The Kier molecular flexibility index (Phi) is 7.44. The number of carbonyl (C=O) groups is 3. The normalized spacial score (nSPS) is 19.2. The molecule has 0 spiro atoms. The summed E-state index contributed by atoms with van der Waals surface area (Å²) in [7, 11) is 0. The van der Waals surface area contributed by atoms with E-state index in [0.29, 0.717) is 21.2 Å². The maximum absolute atomic E-state index is 14.0. The summed E-state index contributed by atoms with van der Waals surface area (Å²) in [5.41, 5.74) is -0.141. The van der Waals surface area contributed by atoms with Crippen LogP contribution in [0.25, 0.3) is 10.8 Å². The van der Waals surface area contributed by atoms with Crippen LogP contribution in [0.4, 0.5) is 24.5 Å². The molecule has 0 bridgehead atoms. The maximum atomic E-state index is 14.0. The molecule has 0 radical (unpaired) electrons. The number of anilines is 2. The molecule has 0 saturated carbocycles. The first-order chi connectivity index (χ1) is 22.1. The lowest BCUT2D eigenvalue weighted by Crippen LogP contribution is -2.32. The van der Waals surface area contributed by atoms with E-state index in [2.05, 4.69) is 10.3 Å².